The number of hydrogen-bond acceptors (Lipinski definition) is 2. The smallest absolute Gasteiger partial charge is 0.262 e. The first-order chi connectivity index (χ1) is 10.4. The number of para-hydroxylation sites is 1. The third-order valence-corrected chi connectivity index (χ3v) is 4.75. The molecule has 0 unspecified atom stereocenters. The zero-order valence-electron chi connectivity index (χ0n) is 13.0. The van der Waals surface area contributed by atoms with E-state index in [1.54, 1.807) is 0 Å². The summed E-state index contributed by atoms with van der Waals surface area (Å²) in [6.45, 7) is 6.59. The van der Waals surface area contributed by atoms with Crippen molar-refractivity contribution in [1.29, 1.82) is 0 Å². The molecule has 2 nitrogen and oxygen atoms in total. The van der Waals surface area contributed by atoms with E-state index >= 15 is 0 Å². The molecule has 2 aromatic rings. The van der Waals surface area contributed by atoms with Crippen LogP contribution in [-0.4, -0.2) is 5.91 Å². The van der Waals surface area contributed by atoms with E-state index in [2.05, 4.69) is 50.4 Å². The van der Waals surface area contributed by atoms with Crippen molar-refractivity contribution in [2.75, 3.05) is 5.32 Å². The molecule has 3 heteroatoms. The Morgan fingerprint density at radius 3 is 2.36 bits per heavy atom. The van der Waals surface area contributed by atoms with Gasteiger partial charge in [0.2, 0.25) is 0 Å². The topological polar surface area (TPSA) is 29.1 Å². The fraction of sp³-hybridized carbons (Fsp3) is 0.211. The van der Waals surface area contributed by atoms with Gasteiger partial charge in [-0.15, -0.1) is 0 Å². The standard InChI is InChI=1S/C19H19NOS/c1-19(2,3)14-10-8-13(9-11-14)12-17-18(21)20-15-6-4-5-7-16(15)22-17/h4-12H,1-3H3,(H,20,21)/b17-12+. The molecule has 1 heterocycles. The lowest BCUT2D eigenvalue weighted by Crippen LogP contribution is -2.17. The average Bonchev–Trinajstić information content (AvgIpc) is 2.48. The second-order valence-corrected chi connectivity index (χ2v) is 7.52. The number of thioether (sulfide) groups is 1. The van der Waals surface area contributed by atoms with Crippen LogP contribution in [0, 0.1) is 0 Å². The molecule has 0 radical (unpaired) electrons. The highest BCUT2D eigenvalue weighted by atomic mass is 32.2. The van der Waals surface area contributed by atoms with Crippen LogP contribution in [0.4, 0.5) is 5.69 Å². The molecule has 0 fully saturated rings. The minimum Gasteiger partial charge on any atom is -0.320 e. The number of carbonyl (C=O) groups excluding carboxylic acids is 1. The van der Waals surface area contributed by atoms with E-state index in [1.807, 2.05) is 30.3 Å². The van der Waals surface area contributed by atoms with E-state index in [9.17, 15) is 4.79 Å². The summed E-state index contributed by atoms with van der Waals surface area (Å²) < 4.78 is 0. The van der Waals surface area contributed by atoms with E-state index in [0.29, 0.717) is 0 Å². The van der Waals surface area contributed by atoms with E-state index in [-0.39, 0.29) is 11.3 Å². The molecule has 0 aliphatic carbocycles. The third kappa shape index (κ3) is 3.09. The predicted molar refractivity (Wildman–Crippen MR) is 94.0 cm³/mol. The van der Waals surface area contributed by atoms with Gasteiger partial charge in [-0.1, -0.05) is 68.9 Å². The number of hydrogen-bond donors (Lipinski definition) is 1. The molecule has 1 amide bonds. The Balaban J connectivity index is 1.88. The molecule has 2 aromatic carbocycles. The van der Waals surface area contributed by atoms with Gasteiger partial charge in [0.25, 0.3) is 5.91 Å². The van der Waals surface area contributed by atoms with Gasteiger partial charge in [0.15, 0.2) is 0 Å². The van der Waals surface area contributed by atoms with Crippen molar-refractivity contribution in [2.45, 2.75) is 31.1 Å². The minimum atomic E-state index is -0.0383. The molecule has 3 rings (SSSR count). The van der Waals surface area contributed by atoms with Gasteiger partial charge in [0.05, 0.1) is 10.6 Å². The highest BCUT2D eigenvalue weighted by molar-refractivity contribution is 8.04. The van der Waals surface area contributed by atoms with Crippen LogP contribution in [0.3, 0.4) is 0 Å². The second kappa shape index (κ2) is 5.65. The van der Waals surface area contributed by atoms with E-state index in [4.69, 9.17) is 0 Å². The van der Waals surface area contributed by atoms with Crippen LogP contribution in [0.2, 0.25) is 0 Å². The van der Waals surface area contributed by atoms with Gasteiger partial charge in [-0.25, -0.2) is 0 Å². The number of fused-ring (bicyclic) bond motifs is 1. The van der Waals surface area contributed by atoms with Gasteiger partial charge < -0.3 is 5.32 Å². The Kier molecular flexibility index (Phi) is 3.83. The molecule has 0 saturated heterocycles. The monoisotopic (exact) mass is 309 g/mol. The highest BCUT2D eigenvalue weighted by Gasteiger charge is 2.20. The lowest BCUT2D eigenvalue weighted by atomic mass is 9.87. The Morgan fingerprint density at radius 1 is 1.00 bits per heavy atom. The van der Waals surface area contributed by atoms with Crippen molar-refractivity contribution < 1.29 is 4.79 Å². The molecule has 1 aliphatic rings. The number of nitrogens with one attached hydrogen (secondary N) is 1. The summed E-state index contributed by atoms with van der Waals surface area (Å²) in [4.78, 5) is 14.0. The molecule has 1 aliphatic heterocycles. The van der Waals surface area contributed by atoms with E-state index in [0.717, 1.165) is 21.1 Å². The first-order valence-corrected chi connectivity index (χ1v) is 8.15. The van der Waals surface area contributed by atoms with Gasteiger partial charge in [-0.2, -0.15) is 0 Å². The number of anilines is 1. The Hall–Kier alpha value is -2.00. The largest absolute Gasteiger partial charge is 0.320 e. The van der Waals surface area contributed by atoms with Crippen molar-refractivity contribution in [3.63, 3.8) is 0 Å². The van der Waals surface area contributed by atoms with Gasteiger partial charge in [0.1, 0.15) is 0 Å². The van der Waals surface area contributed by atoms with Crippen molar-refractivity contribution in [3.8, 4) is 0 Å². The molecule has 0 atom stereocenters. The van der Waals surface area contributed by atoms with Crippen molar-refractivity contribution in [3.05, 3.63) is 64.6 Å². The second-order valence-electron chi connectivity index (χ2n) is 6.43. The summed E-state index contributed by atoms with van der Waals surface area (Å²) in [5, 5.41) is 2.94. The number of rotatable bonds is 1. The SMILES string of the molecule is CC(C)(C)c1ccc(/C=C2/Sc3ccccc3NC2=O)cc1. The molecule has 0 saturated carbocycles. The quantitative estimate of drug-likeness (QED) is 0.745. The Labute approximate surface area is 135 Å². The maximum absolute atomic E-state index is 12.2. The molecule has 22 heavy (non-hydrogen) atoms. The van der Waals surface area contributed by atoms with E-state index < -0.39 is 0 Å². The van der Waals surface area contributed by atoms with Crippen LogP contribution in [0.25, 0.3) is 6.08 Å². The van der Waals surface area contributed by atoms with Crippen LogP contribution >= 0.6 is 11.8 Å². The Bertz CT molecular complexity index is 739. The average molecular weight is 309 g/mol. The zero-order chi connectivity index (χ0) is 15.7. The fourth-order valence-electron chi connectivity index (χ4n) is 2.33. The van der Waals surface area contributed by atoms with Crippen molar-refractivity contribution in [1.82, 2.24) is 0 Å². The van der Waals surface area contributed by atoms with Crippen LogP contribution in [0.1, 0.15) is 31.9 Å². The van der Waals surface area contributed by atoms with E-state index in [1.165, 1.54) is 17.3 Å². The molecule has 0 aromatic heterocycles. The first kappa shape index (κ1) is 14.9. The first-order valence-electron chi connectivity index (χ1n) is 7.34. The Morgan fingerprint density at radius 2 is 1.68 bits per heavy atom. The van der Waals surface area contributed by atoms with Crippen LogP contribution in [-0.2, 0) is 10.2 Å². The number of amides is 1. The lowest BCUT2D eigenvalue weighted by molar-refractivity contribution is -0.112. The third-order valence-electron chi connectivity index (χ3n) is 3.65. The molecular weight excluding hydrogens is 290 g/mol. The van der Waals surface area contributed by atoms with Crippen molar-refractivity contribution in [2.24, 2.45) is 0 Å². The molecule has 112 valence electrons. The van der Waals surface area contributed by atoms with Gasteiger partial charge in [-0.05, 0) is 34.8 Å². The van der Waals surface area contributed by atoms with Gasteiger partial charge >= 0.3 is 0 Å². The molecule has 0 bridgehead atoms. The van der Waals surface area contributed by atoms with Crippen LogP contribution < -0.4 is 5.32 Å². The summed E-state index contributed by atoms with van der Waals surface area (Å²) in [5.41, 5.74) is 3.37. The predicted octanol–water partition coefficient (Wildman–Crippen LogP) is 5.07. The van der Waals surface area contributed by atoms with Crippen LogP contribution in [0.15, 0.2) is 58.3 Å². The molecule has 0 spiro atoms. The number of carbonyl (C=O) groups is 1. The normalized spacial score (nSPS) is 16.3. The minimum absolute atomic E-state index is 0.0383. The lowest BCUT2D eigenvalue weighted by Gasteiger charge is -2.19. The van der Waals surface area contributed by atoms with Gasteiger partial charge in [-0.3, -0.25) is 4.79 Å². The summed E-state index contributed by atoms with van der Waals surface area (Å²) in [5.74, 6) is -0.0383. The van der Waals surface area contributed by atoms with Crippen LogP contribution in [0.5, 0.6) is 0 Å². The van der Waals surface area contributed by atoms with Gasteiger partial charge in [0, 0.05) is 4.90 Å². The summed E-state index contributed by atoms with van der Waals surface area (Å²) >= 11 is 1.52. The molecular formula is C19H19NOS. The maximum atomic E-state index is 12.2. The zero-order valence-corrected chi connectivity index (χ0v) is 13.8. The fourth-order valence-corrected chi connectivity index (χ4v) is 3.28. The highest BCUT2D eigenvalue weighted by Crippen LogP contribution is 2.38. The summed E-state index contributed by atoms with van der Waals surface area (Å²) in [6, 6.07) is 16.3. The number of benzene rings is 2. The summed E-state index contributed by atoms with van der Waals surface area (Å²) in [6.07, 6.45) is 1.95. The van der Waals surface area contributed by atoms with Crippen molar-refractivity contribution >= 4 is 29.4 Å². The molecule has 1 N–H and O–H groups in total. The summed E-state index contributed by atoms with van der Waals surface area (Å²) in [7, 11) is 0. The maximum Gasteiger partial charge on any atom is 0.262 e.